The normalized spacial score (nSPS) is 18.7. The number of carbonyl (C=O) groups excluding carboxylic acids is 1. The summed E-state index contributed by atoms with van der Waals surface area (Å²) in [6, 6.07) is 2.91. The predicted molar refractivity (Wildman–Crippen MR) is 89.4 cm³/mol. The second-order valence-electron chi connectivity index (χ2n) is 6.58. The molecule has 2 aliphatic rings. The number of nitrogens with zero attached hydrogens (tertiary/aromatic N) is 4. The molecule has 0 spiro atoms. The van der Waals surface area contributed by atoms with Crippen LogP contribution in [0.4, 0.5) is 8.78 Å². The zero-order valence-corrected chi connectivity index (χ0v) is 15.0. The van der Waals surface area contributed by atoms with Crippen molar-refractivity contribution in [1.82, 2.24) is 24.6 Å². The number of nitrogens with one attached hydrogen (secondary N) is 1. The molecule has 1 aliphatic heterocycles. The predicted octanol–water partition coefficient (Wildman–Crippen LogP) is 1.11. The molecule has 0 radical (unpaired) electrons. The van der Waals surface area contributed by atoms with Crippen LogP contribution in [-0.4, -0.2) is 65.1 Å². The van der Waals surface area contributed by atoms with Gasteiger partial charge in [0, 0.05) is 32.1 Å². The van der Waals surface area contributed by atoms with E-state index in [1.807, 2.05) is 0 Å². The highest BCUT2D eigenvalue weighted by Crippen LogP contribution is 2.40. The third-order valence-electron chi connectivity index (χ3n) is 4.78. The number of carbonyl (C=O) groups is 1. The molecule has 0 unspecified atom stereocenters. The highest BCUT2D eigenvalue weighted by molar-refractivity contribution is 7.89. The summed E-state index contributed by atoms with van der Waals surface area (Å²) in [6.45, 7) is 0.0904. The lowest BCUT2D eigenvalue weighted by atomic mass is 10.2. The van der Waals surface area contributed by atoms with Crippen LogP contribution in [0.15, 0.2) is 23.1 Å². The average Bonchev–Trinajstić information content (AvgIpc) is 3.37. The molecule has 1 N–H and O–H groups in total. The van der Waals surface area contributed by atoms with Crippen molar-refractivity contribution in [2.75, 3.05) is 26.2 Å². The Morgan fingerprint density at radius 2 is 1.70 bits per heavy atom. The Balaban J connectivity index is 1.49. The molecule has 27 heavy (non-hydrogen) atoms. The molecular weight excluding hydrogens is 380 g/mol. The summed E-state index contributed by atoms with van der Waals surface area (Å²) in [4.78, 5) is 13.2. The fraction of sp³-hybridized carbons (Fsp3) is 0.438. The summed E-state index contributed by atoms with van der Waals surface area (Å²) in [5, 5.41) is 10.4. The molecule has 11 heteroatoms. The number of aromatic amines is 1. The van der Waals surface area contributed by atoms with Crippen LogP contribution in [0.2, 0.25) is 0 Å². The zero-order valence-electron chi connectivity index (χ0n) is 14.2. The van der Waals surface area contributed by atoms with Crippen LogP contribution < -0.4 is 0 Å². The van der Waals surface area contributed by atoms with Gasteiger partial charge in [0.15, 0.2) is 10.6 Å². The molecule has 1 amide bonds. The number of hydrogen-bond acceptors (Lipinski definition) is 5. The van der Waals surface area contributed by atoms with Crippen LogP contribution in [0.5, 0.6) is 0 Å². The number of piperazine rings is 1. The molecule has 2 fully saturated rings. The first-order valence-electron chi connectivity index (χ1n) is 8.53. The van der Waals surface area contributed by atoms with E-state index in [2.05, 4.69) is 15.4 Å². The van der Waals surface area contributed by atoms with Crippen molar-refractivity contribution in [1.29, 1.82) is 0 Å². The van der Waals surface area contributed by atoms with Gasteiger partial charge in [0.2, 0.25) is 10.0 Å². The second kappa shape index (κ2) is 6.64. The lowest BCUT2D eigenvalue weighted by Gasteiger charge is -2.33. The fourth-order valence-corrected chi connectivity index (χ4v) is 4.71. The summed E-state index contributed by atoms with van der Waals surface area (Å²) in [5.74, 6) is -2.34. The van der Waals surface area contributed by atoms with Gasteiger partial charge in [-0.1, -0.05) is 6.07 Å². The van der Waals surface area contributed by atoms with Gasteiger partial charge >= 0.3 is 0 Å². The van der Waals surface area contributed by atoms with Crippen molar-refractivity contribution in [3.05, 3.63) is 41.2 Å². The van der Waals surface area contributed by atoms with E-state index in [0.717, 1.165) is 35.3 Å². The number of H-pyrrole nitrogens is 1. The molecule has 0 atom stereocenters. The molecule has 1 aliphatic carbocycles. The fourth-order valence-electron chi connectivity index (χ4n) is 3.18. The van der Waals surface area contributed by atoms with E-state index in [1.54, 1.807) is 0 Å². The van der Waals surface area contributed by atoms with Crippen molar-refractivity contribution < 1.29 is 22.0 Å². The summed E-state index contributed by atoms with van der Waals surface area (Å²) >= 11 is 0. The SMILES string of the molecule is O=C(c1n[nH]nc1C1CC1)N1CCN(S(=O)(=O)c2c(F)cccc2F)CC1. The lowest BCUT2D eigenvalue weighted by molar-refractivity contribution is 0.0690. The summed E-state index contributed by atoms with van der Waals surface area (Å²) in [5.41, 5.74) is 0.900. The van der Waals surface area contributed by atoms with Gasteiger partial charge in [0.1, 0.15) is 11.6 Å². The molecule has 1 aromatic heterocycles. The van der Waals surface area contributed by atoms with Crippen LogP contribution in [0, 0.1) is 11.6 Å². The smallest absolute Gasteiger partial charge is 0.276 e. The number of amides is 1. The molecule has 4 rings (SSSR count). The molecule has 144 valence electrons. The van der Waals surface area contributed by atoms with E-state index < -0.39 is 26.6 Å². The number of hydrogen-bond donors (Lipinski definition) is 1. The Morgan fingerprint density at radius 1 is 1.07 bits per heavy atom. The van der Waals surface area contributed by atoms with Crippen LogP contribution in [0.3, 0.4) is 0 Å². The first kappa shape index (κ1) is 18.0. The largest absolute Gasteiger partial charge is 0.335 e. The van der Waals surface area contributed by atoms with E-state index in [4.69, 9.17) is 0 Å². The topological polar surface area (TPSA) is 99.3 Å². The first-order chi connectivity index (χ1) is 12.9. The van der Waals surface area contributed by atoms with E-state index in [-0.39, 0.29) is 43.7 Å². The van der Waals surface area contributed by atoms with Crippen LogP contribution in [-0.2, 0) is 10.0 Å². The molecule has 2 heterocycles. The molecule has 1 saturated heterocycles. The third-order valence-corrected chi connectivity index (χ3v) is 6.74. The van der Waals surface area contributed by atoms with Gasteiger partial charge in [0.25, 0.3) is 5.91 Å². The van der Waals surface area contributed by atoms with Gasteiger partial charge in [-0.15, -0.1) is 0 Å². The molecule has 1 aromatic carbocycles. The zero-order chi connectivity index (χ0) is 19.2. The number of rotatable bonds is 4. The van der Waals surface area contributed by atoms with Gasteiger partial charge in [-0.3, -0.25) is 4.79 Å². The molecule has 0 bridgehead atoms. The van der Waals surface area contributed by atoms with E-state index >= 15 is 0 Å². The summed E-state index contributed by atoms with van der Waals surface area (Å²) in [6.07, 6.45) is 1.93. The molecule has 1 saturated carbocycles. The van der Waals surface area contributed by atoms with Crippen molar-refractivity contribution in [2.24, 2.45) is 0 Å². The molecule has 8 nitrogen and oxygen atoms in total. The van der Waals surface area contributed by atoms with E-state index in [9.17, 15) is 22.0 Å². The molecule has 2 aromatic rings. The van der Waals surface area contributed by atoms with Gasteiger partial charge < -0.3 is 4.90 Å². The molecular formula is C16H17F2N5O3S. The van der Waals surface area contributed by atoms with Crippen molar-refractivity contribution in [3.8, 4) is 0 Å². The standard InChI is InChI=1S/C16H17F2N5O3S/c17-11-2-1-3-12(18)15(11)27(25,26)23-8-6-22(7-9-23)16(24)14-13(10-4-5-10)19-21-20-14/h1-3,10H,4-9H2,(H,19,20,21). The minimum atomic E-state index is -4.33. The van der Waals surface area contributed by atoms with Crippen LogP contribution in [0.1, 0.15) is 34.9 Å². The number of benzene rings is 1. The van der Waals surface area contributed by atoms with Crippen molar-refractivity contribution in [2.45, 2.75) is 23.7 Å². The minimum Gasteiger partial charge on any atom is -0.335 e. The Morgan fingerprint density at radius 3 is 2.30 bits per heavy atom. The van der Waals surface area contributed by atoms with E-state index in [0.29, 0.717) is 5.69 Å². The number of aromatic nitrogens is 3. The van der Waals surface area contributed by atoms with E-state index in [1.165, 1.54) is 4.90 Å². The monoisotopic (exact) mass is 397 g/mol. The maximum atomic E-state index is 13.9. The van der Waals surface area contributed by atoms with Crippen molar-refractivity contribution >= 4 is 15.9 Å². The first-order valence-corrected chi connectivity index (χ1v) is 9.97. The van der Waals surface area contributed by atoms with Crippen LogP contribution in [0.25, 0.3) is 0 Å². The summed E-state index contributed by atoms with van der Waals surface area (Å²) < 4.78 is 54.0. The average molecular weight is 397 g/mol. The lowest BCUT2D eigenvalue weighted by Crippen LogP contribution is -2.51. The van der Waals surface area contributed by atoms with Crippen LogP contribution >= 0.6 is 0 Å². The Hall–Kier alpha value is -2.40. The quantitative estimate of drug-likeness (QED) is 0.833. The number of sulfonamides is 1. The third kappa shape index (κ3) is 3.21. The minimum absolute atomic E-state index is 0.0571. The van der Waals surface area contributed by atoms with Gasteiger partial charge in [-0.05, 0) is 25.0 Å². The van der Waals surface area contributed by atoms with Gasteiger partial charge in [-0.2, -0.15) is 19.7 Å². The second-order valence-corrected chi connectivity index (χ2v) is 8.45. The van der Waals surface area contributed by atoms with Gasteiger partial charge in [-0.25, -0.2) is 17.2 Å². The van der Waals surface area contributed by atoms with Crippen molar-refractivity contribution in [3.63, 3.8) is 0 Å². The maximum Gasteiger partial charge on any atom is 0.276 e. The Labute approximate surface area is 154 Å². The highest BCUT2D eigenvalue weighted by atomic mass is 32.2. The highest BCUT2D eigenvalue weighted by Gasteiger charge is 2.37. The maximum absolute atomic E-state index is 13.9. The Kier molecular flexibility index (Phi) is 4.42. The Bertz CT molecular complexity index is 961. The summed E-state index contributed by atoms with van der Waals surface area (Å²) in [7, 11) is -4.33. The van der Waals surface area contributed by atoms with Gasteiger partial charge in [0.05, 0.1) is 5.69 Å². The number of halogens is 2.